The third kappa shape index (κ3) is 6.38. The van der Waals surface area contributed by atoms with Crippen LogP contribution in [0.4, 0.5) is 19.0 Å². The topological polar surface area (TPSA) is 132 Å². The van der Waals surface area contributed by atoms with Crippen molar-refractivity contribution in [2.45, 2.75) is 38.7 Å². The minimum atomic E-state index is -3.67. The van der Waals surface area contributed by atoms with E-state index in [0.29, 0.717) is 6.92 Å². The summed E-state index contributed by atoms with van der Waals surface area (Å²) < 4.78 is 70.9. The van der Waals surface area contributed by atoms with Gasteiger partial charge in [0.25, 0.3) is 11.8 Å². The first-order valence-corrected chi connectivity index (χ1v) is 13.8. The Bertz CT molecular complexity index is 1550. The van der Waals surface area contributed by atoms with Crippen LogP contribution in [0.15, 0.2) is 36.5 Å². The molecule has 3 heterocycles. The van der Waals surface area contributed by atoms with Gasteiger partial charge in [0.2, 0.25) is 5.91 Å². The number of anilines is 1. The Kier molecular flexibility index (Phi) is 7.19. The number of alkyl halides is 2. The van der Waals surface area contributed by atoms with E-state index in [1.165, 1.54) is 16.8 Å². The summed E-state index contributed by atoms with van der Waals surface area (Å²) in [7, 11) is -3.67. The molecule has 2 amide bonds. The molecular formula is C25H26F3N5O5S. The number of hydrogen-bond acceptors (Lipinski definition) is 7. The second kappa shape index (κ2) is 9.98. The summed E-state index contributed by atoms with van der Waals surface area (Å²) in [6.45, 7) is 3.13. The minimum Gasteiger partial charge on any atom is -0.487 e. The highest BCUT2D eigenvalue weighted by Crippen LogP contribution is 2.37. The number of sulfone groups is 1. The van der Waals surface area contributed by atoms with E-state index in [4.69, 9.17) is 4.74 Å². The van der Waals surface area contributed by atoms with Gasteiger partial charge in [0.05, 0.1) is 11.2 Å². The smallest absolute Gasteiger partial charge is 0.278 e. The van der Waals surface area contributed by atoms with Crippen LogP contribution in [0, 0.1) is 12.7 Å². The van der Waals surface area contributed by atoms with Gasteiger partial charge in [0, 0.05) is 37.4 Å². The molecule has 0 radical (unpaired) electrons. The van der Waals surface area contributed by atoms with Crippen LogP contribution >= 0.6 is 0 Å². The number of ether oxygens (including phenoxy) is 1. The monoisotopic (exact) mass is 565 g/mol. The average molecular weight is 566 g/mol. The van der Waals surface area contributed by atoms with Gasteiger partial charge in [-0.1, -0.05) is 12.1 Å². The lowest BCUT2D eigenvalue weighted by atomic mass is 9.83. The van der Waals surface area contributed by atoms with Crippen molar-refractivity contribution in [1.82, 2.24) is 20.1 Å². The van der Waals surface area contributed by atoms with Gasteiger partial charge in [-0.05, 0) is 31.5 Å². The molecule has 2 aromatic heterocycles. The van der Waals surface area contributed by atoms with E-state index in [1.54, 1.807) is 25.3 Å². The highest BCUT2D eigenvalue weighted by Gasteiger charge is 2.42. The predicted molar refractivity (Wildman–Crippen MR) is 135 cm³/mol. The second-order valence-electron chi connectivity index (χ2n) is 9.86. The van der Waals surface area contributed by atoms with Crippen molar-refractivity contribution in [3.8, 4) is 11.6 Å². The average Bonchev–Trinajstić information content (AvgIpc) is 3.14. The Morgan fingerprint density at radius 2 is 2.00 bits per heavy atom. The lowest BCUT2D eigenvalue weighted by molar-refractivity contribution is -0.113. The van der Waals surface area contributed by atoms with Crippen molar-refractivity contribution in [3.63, 3.8) is 0 Å². The largest absolute Gasteiger partial charge is 0.487 e. The highest BCUT2D eigenvalue weighted by atomic mass is 32.2. The fourth-order valence-corrected chi connectivity index (χ4v) is 4.74. The van der Waals surface area contributed by atoms with Crippen LogP contribution in [0.3, 0.4) is 0 Å². The number of fused-ring (bicyclic) bond motifs is 1. The van der Waals surface area contributed by atoms with E-state index < -0.39 is 51.3 Å². The molecule has 4 rings (SSSR count). The molecule has 0 unspecified atom stereocenters. The number of benzene rings is 1. The third-order valence-corrected chi connectivity index (χ3v) is 6.67. The second-order valence-corrected chi connectivity index (χ2v) is 12.0. The van der Waals surface area contributed by atoms with E-state index in [-0.39, 0.29) is 40.6 Å². The van der Waals surface area contributed by atoms with Crippen molar-refractivity contribution < 1.29 is 35.9 Å². The molecule has 39 heavy (non-hydrogen) atoms. The predicted octanol–water partition coefficient (Wildman–Crippen LogP) is 2.93. The summed E-state index contributed by atoms with van der Waals surface area (Å²) in [6.07, 6.45) is 2.43. The van der Waals surface area contributed by atoms with Crippen molar-refractivity contribution in [3.05, 3.63) is 64.7 Å². The van der Waals surface area contributed by atoms with E-state index in [9.17, 15) is 26.8 Å². The van der Waals surface area contributed by atoms with Crippen LogP contribution in [-0.4, -0.2) is 59.5 Å². The fraction of sp³-hybridized carbons (Fsp3) is 0.360. The van der Waals surface area contributed by atoms with Crippen LogP contribution in [0.1, 0.15) is 41.0 Å². The molecule has 208 valence electrons. The number of rotatable bonds is 8. The Labute approximate surface area is 222 Å². The Morgan fingerprint density at radius 3 is 2.59 bits per heavy atom. The van der Waals surface area contributed by atoms with Gasteiger partial charge in [0.1, 0.15) is 22.9 Å². The molecule has 0 saturated heterocycles. The maximum Gasteiger partial charge on any atom is 0.278 e. The van der Waals surface area contributed by atoms with Crippen LogP contribution < -0.4 is 15.4 Å². The molecule has 3 aromatic rings. The molecule has 1 aliphatic rings. The number of carbonyl (C=O) groups excluding carboxylic acids is 2. The molecule has 0 saturated carbocycles. The molecule has 10 nitrogen and oxygen atoms in total. The van der Waals surface area contributed by atoms with E-state index in [2.05, 4.69) is 20.7 Å². The minimum absolute atomic E-state index is 0.0218. The lowest BCUT2D eigenvalue weighted by Gasteiger charge is -2.34. The highest BCUT2D eigenvalue weighted by molar-refractivity contribution is 7.91. The summed E-state index contributed by atoms with van der Waals surface area (Å²) in [5.74, 6) is -6.23. The summed E-state index contributed by atoms with van der Waals surface area (Å²) in [6, 6.07) is 6.96. The quantitative estimate of drug-likeness (QED) is 0.429. The molecule has 0 aliphatic carbocycles. The molecule has 1 aliphatic heterocycles. The summed E-state index contributed by atoms with van der Waals surface area (Å²) in [5.41, 5.74) is -0.238. The Hall–Kier alpha value is -3.94. The van der Waals surface area contributed by atoms with Crippen molar-refractivity contribution in [1.29, 1.82) is 0 Å². The zero-order valence-corrected chi connectivity index (χ0v) is 22.3. The summed E-state index contributed by atoms with van der Waals surface area (Å²) in [5, 5.41) is 9.67. The molecular weight excluding hydrogens is 539 g/mol. The number of hydrogen-bond donors (Lipinski definition) is 2. The first kappa shape index (κ1) is 28.1. The molecule has 0 fully saturated rings. The molecule has 14 heteroatoms. The van der Waals surface area contributed by atoms with Crippen molar-refractivity contribution >= 4 is 27.5 Å². The number of nitrogens with one attached hydrogen (secondary N) is 2. The van der Waals surface area contributed by atoms with Gasteiger partial charge in [0.15, 0.2) is 28.1 Å². The van der Waals surface area contributed by atoms with Crippen LogP contribution in [-0.2, 0) is 26.6 Å². The Morgan fingerprint density at radius 1 is 1.28 bits per heavy atom. The van der Waals surface area contributed by atoms with Gasteiger partial charge in [-0.3, -0.25) is 9.59 Å². The molecule has 1 atom stereocenters. The van der Waals surface area contributed by atoms with Crippen LogP contribution in [0.2, 0.25) is 0 Å². The van der Waals surface area contributed by atoms with Crippen molar-refractivity contribution in [2.24, 2.45) is 0 Å². The third-order valence-electron chi connectivity index (χ3n) is 5.89. The maximum absolute atomic E-state index is 15.2. The Balaban J connectivity index is 1.73. The van der Waals surface area contributed by atoms with E-state index in [0.717, 1.165) is 17.9 Å². The van der Waals surface area contributed by atoms with Crippen LogP contribution in [0.5, 0.6) is 5.75 Å². The number of amides is 2. The summed E-state index contributed by atoms with van der Waals surface area (Å²) >= 11 is 0. The number of nitrogens with zero attached hydrogens (tertiary/aromatic N) is 3. The SMILES string of the molecule is Cc1ccc(-n2nc3c(c2NC(=O)CS(C)(=O)=O)C(=O)N[C@](C)(c2ccc(OCC(C)(F)F)cc2F)C3)nc1. The first-order chi connectivity index (χ1) is 18.0. The first-order valence-electron chi connectivity index (χ1n) is 11.7. The molecule has 0 bridgehead atoms. The number of aromatic nitrogens is 3. The van der Waals surface area contributed by atoms with Crippen LogP contribution in [0.25, 0.3) is 5.82 Å². The number of halogens is 3. The molecule has 0 spiro atoms. The zero-order chi connectivity index (χ0) is 28.8. The van der Waals surface area contributed by atoms with E-state index in [1.807, 2.05) is 6.92 Å². The zero-order valence-electron chi connectivity index (χ0n) is 21.5. The number of carbonyl (C=O) groups is 2. The number of pyridine rings is 1. The fourth-order valence-electron chi connectivity index (χ4n) is 4.20. The van der Waals surface area contributed by atoms with Gasteiger partial charge >= 0.3 is 0 Å². The lowest BCUT2D eigenvalue weighted by Crippen LogP contribution is -2.49. The van der Waals surface area contributed by atoms with Gasteiger partial charge < -0.3 is 15.4 Å². The number of aryl methyl sites for hydroxylation is 1. The standard InChI is InChI=1S/C25H26F3N5O5S/c1-14-5-8-19(29-11-14)33-22(30-20(34)12-39(4,36)37)21-18(32-33)10-24(2,31-23(21)35)16-7-6-15(9-17(16)26)38-13-25(3,27)28/h5-9,11H,10,12-13H2,1-4H3,(H,30,34)(H,31,35)/t24-/m0/s1. The summed E-state index contributed by atoms with van der Waals surface area (Å²) in [4.78, 5) is 30.2. The normalized spacial score (nSPS) is 17.4. The maximum atomic E-state index is 15.2. The van der Waals surface area contributed by atoms with Gasteiger partial charge in [-0.2, -0.15) is 9.78 Å². The van der Waals surface area contributed by atoms with Gasteiger partial charge in [-0.25, -0.2) is 26.6 Å². The molecule has 2 N–H and O–H groups in total. The van der Waals surface area contributed by atoms with Crippen molar-refractivity contribution in [2.75, 3.05) is 23.9 Å². The van der Waals surface area contributed by atoms with Gasteiger partial charge in [-0.15, -0.1) is 0 Å². The molecule has 1 aromatic carbocycles. The van der Waals surface area contributed by atoms with E-state index >= 15 is 4.39 Å².